The number of furan rings is 1. The SMILES string of the molecule is NC(CO)c1ccc2nc(-c3ccco3)[nH]c2c1. The van der Waals surface area contributed by atoms with Gasteiger partial charge in [0.25, 0.3) is 0 Å². The first-order valence-corrected chi connectivity index (χ1v) is 5.68. The molecule has 3 rings (SSSR count). The Morgan fingerprint density at radius 1 is 1.39 bits per heavy atom. The molecule has 0 saturated heterocycles. The fourth-order valence-electron chi connectivity index (χ4n) is 1.89. The van der Waals surface area contributed by atoms with Gasteiger partial charge in [0, 0.05) is 0 Å². The van der Waals surface area contributed by atoms with Gasteiger partial charge in [-0.05, 0) is 29.8 Å². The molecule has 1 atom stereocenters. The lowest BCUT2D eigenvalue weighted by molar-refractivity contribution is 0.268. The molecule has 0 fully saturated rings. The quantitative estimate of drug-likeness (QED) is 0.654. The highest BCUT2D eigenvalue weighted by atomic mass is 16.3. The molecule has 1 unspecified atom stereocenters. The van der Waals surface area contributed by atoms with Crippen LogP contribution in [0.3, 0.4) is 0 Å². The summed E-state index contributed by atoms with van der Waals surface area (Å²) < 4.78 is 5.29. The second-order valence-electron chi connectivity index (χ2n) is 4.13. The molecule has 5 heteroatoms. The molecular formula is C13H13N3O2. The van der Waals surface area contributed by atoms with Gasteiger partial charge in [-0.2, -0.15) is 0 Å². The van der Waals surface area contributed by atoms with Crippen LogP contribution in [0.25, 0.3) is 22.6 Å². The van der Waals surface area contributed by atoms with E-state index < -0.39 is 0 Å². The molecular weight excluding hydrogens is 230 g/mol. The predicted molar refractivity (Wildman–Crippen MR) is 67.8 cm³/mol. The average Bonchev–Trinajstić information content (AvgIpc) is 3.04. The van der Waals surface area contributed by atoms with Gasteiger partial charge in [0.1, 0.15) is 0 Å². The average molecular weight is 243 g/mol. The van der Waals surface area contributed by atoms with E-state index in [-0.39, 0.29) is 12.6 Å². The molecule has 0 amide bonds. The summed E-state index contributed by atoms with van der Waals surface area (Å²) in [6.07, 6.45) is 1.61. The van der Waals surface area contributed by atoms with Crippen LogP contribution >= 0.6 is 0 Å². The number of aliphatic hydroxyl groups excluding tert-OH is 1. The fraction of sp³-hybridized carbons (Fsp3) is 0.154. The summed E-state index contributed by atoms with van der Waals surface area (Å²) >= 11 is 0. The number of nitrogens with one attached hydrogen (secondary N) is 1. The summed E-state index contributed by atoms with van der Waals surface area (Å²) in [7, 11) is 0. The maximum atomic E-state index is 9.05. The molecule has 2 aromatic heterocycles. The Balaban J connectivity index is 2.07. The molecule has 0 aliphatic heterocycles. The molecule has 0 aliphatic rings. The van der Waals surface area contributed by atoms with Crippen LogP contribution < -0.4 is 5.73 Å². The third-order valence-electron chi connectivity index (χ3n) is 2.89. The largest absolute Gasteiger partial charge is 0.461 e. The summed E-state index contributed by atoms with van der Waals surface area (Å²) in [5.41, 5.74) is 8.38. The molecule has 0 bridgehead atoms. The summed E-state index contributed by atoms with van der Waals surface area (Å²) in [5, 5.41) is 9.05. The molecule has 2 heterocycles. The molecule has 4 N–H and O–H groups in total. The zero-order valence-corrected chi connectivity index (χ0v) is 9.63. The lowest BCUT2D eigenvalue weighted by atomic mass is 10.1. The molecule has 3 aromatic rings. The smallest absolute Gasteiger partial charge is 0.174 e. The fourth-order valence-corrected chi connectivity index (χ4v) is 1.89. The minimum atomic E-state index is -0.371. The highest BCUT2D eigenvalue weighted by Gasteiger charge is 2.10. The Labute approximate surface area is 103 Å². The van der Waals surface area contributed by atoms with Crippen molar-refractivity contribution in [1.82, 2.24) is 9.97 Å². The molecule has 0 saturated carbocycles. The van der Waals surface area contributed by atoms with E-state index in [2.05, 4.69) is 9.97 Å². The second-order valence-corrected chi connectivity index (χ2v) is 4.13. The van der Waals surface area contributed by atoms with E-state index in [1.807, 2.05) is 30.3 Å². The van der Waals surface area contributed by atoms with Gasteiger partial charge in [0.15, 0.2) is 11.6 Å². The predicted octanol–water partition coefficient (Wildman–Crippen LogP) is 1.81. The lowest BCUT2D eigenvalue weighted by Gasteiger charge is -2.07. The van der Waals surface area contributed by atoms with Crippen molar-refractivity contribution in [2.75, 3.05) is 6.61 Å². The molecule has 5 nitrogen and oxygen atoms in total. The van der Waals surface area contributed by atoms with E-state index in [0.29, 0.717) is 11.6 Å². The third-order valence-corrected chi connectivity index (χ3v) is 2.89. The van der Waals surface area contributed by atoms with Crippen LogP contribution in [0.4, 0.5) is 0 Å². The lowest BCUT2D eigenvalue weighted by Crippen LogP contribution is -2.14. The first kappa shape index (κ1) is 11.0. The van der Waals surface area contributed by atoms with Crippen molar-refractivity contribution < 1.29 is 9.52 Å². The number of H-pyrrole nitrogens is 1. The standard InChI is InChI=1S/C13H13N3O2/c14-9(7-17)8-3-4-10-11(6-8)16-13(15-10)12-2-1-5-18-12/h1-6,9,17H,7,14H2,(H,15,16). The van der Waals surface area contributed by atoms with Gasteiger partial charge in [-0.1, -0.05) is 6.07 Å². The first-order chi connectivity index (χ1) is 8.78. The monoisotopic (exact) mass is 243 g/mol. The van der Waals surface area contributed by atoms with Gasteiger partial charge in [0.2, 0.25) is 0 Å². The van der Waals surface area contributed by atoms with Gasteiger partial charge in [-0.3, -0.25) is 0 Å². The number of rotatable bonds is 3. The van der Waals surface area contributed by atoms with Crippen molar-refractivity contribution in [1.29, 1.82) is 0 Å². The van der Waals surface area contributed by atoms with E-state index in [1.54, 1.807) is 6.26 Å². The Kier molecular flexibility index (Phi) is 2.62. The maximum absolute atomic E-state index is 9.05. The van der Waals surface area contributed by atoms with Gasteiger partial charge in [-0.25, -0.2) is 4.98 Å². The number of nitrogens with zero attached hydrogens (tertiary/aromatic N) is 1. The van der Waals surface area contributed by atoms with Crippen LogP contribution in [0.1, 0.15) is 11.6 Å². The number of nitrogens with two attached hydrogens (primary N) is 1. The van der Waals surface area contributed by atoms with E-state index in [0.717, 1.165) is 16.6 Å². The Bertz CT molecular complexity index is 658. The summed E-state index contributed by atoms with van der Waals surface area (Å²) in [4.78, 5) is 7.60. The number of hydrogen-bond acceptors (Lipinski definition) is 4. The van der Waals surface area contributed by atoms with E-state index >= 15 is 0 Å². The van der Waals surface area contributed by atoms with Gasteiger partial charge >= 0.3 is 0 Å². The molecule has 0 spiro atoms. The number of fused-ring (bicyclic) bond motifs is 1. The number of benzene rings is 1. The Morgan fingerprint density at radius 3 is 3.00 bits per heavy atom. The van der Waals surface area contributed by atoms with Crippen molar-refractivity contribution in [2.24, 2.45) is 5.73 Å². The maximum Gasteiger partial charge on any atom is 0.174 e. The van der Waals surface area contributed by atoms with Gasteiger partial charge in [0.05, 0.1) is 29.9 Å². The summed E-state index contributed by atoms with van der Waals surface area (Å²) in [5.74, 6) is 1.38. The minimum absolute atomic E-state index is 0.0787. The Hall–Kier alpha value is -2.11. The highest BCUT2D eigenvalue weighted by Crippen LogP contribution is 2.22. The van der Waals surface area contributed by atoms with Gasteiger partial charge < -0.3 is 20.2 Å². The normalized spacial score (nSPS) is 13.0. The van der Waals surface area contributed by atoms with E-state index in [9.17, 15) is 0 Å². The number of aliphatic hydroxyl groups is 1. The van der Waals surface area contributed by atoms with Crippen molar-refractivity contribution in [3.05, 3.63) is 42.2 Å². The number of aromatic nitrogens is 2. The van der Waals surface area contributed by atoms with Crippen LogP contribution in [0.2, 0.25) is 0 Å². The molecule has 92 valence electrons. The van der Waals surface area contributed by atoms with Crippen LogP contribution in [0.5, 0.6) is 0 Å². The number of imidazole rings is 1. The molecule has 18 heavy (non-hydrogen) atoms. The zero-order chi connectivity index (χ0) is 12.5. The van der Waals surface area contributed by atoms with Crippen molar-refractivity contribution in [3.63, 3.8) is 0 Å². The molecule has 0 radical (unpaired) electrons. The van der Waals surface area contributed by atoms with Crippen LogP contribution in [0.15, 0.2) is 41.0 Å². The summed E-state index contributed by atoms with van der Waals surface area (Å²) in [6, 6.07) is 8.94. The molecule has 0 aliphatic carbocycles. The van der Waals surface area contributed by atoms with E-state index in [4.69, 9.17) is 15.3 Å². The zero-order valence-electron chi connectivity index (χ0n) is 9.63. The van der Waals surface area contributed by atoms with Crippen LogP contribution in [0, 0.1) is 0 Å². The van der Waals surface area contributed by atoms with Gasteiger partial charge in [-0.15, -0.1) is 0 Å². The van der Waals surface area contributed by atoms with Crippen molar-refractivity contribution in [2.45, 2.75) is 6.04 Å². The number of aromatic amines is 1. The van der Waals surface area contributed by atoms with Crippen LogP contribution in [-0.4, -0.2) is 21.7 Å². The minimum Gasteiger partial charge on any atom is -0.461 e. The third kappa shape index (κ3) is 1.79. The summed E-state index contributed by atoms with van der Waals surface area (Å²) in [6.45, 7) is -0.0787. The van der Waals surface area contributed by atoms with Crippen molar-refractivity contribution in [3.8, 4) is 11.6 Å². The van der Waals surface area contributed by atoms with E-state index in [1.165, 1.54) is 0 Å². The first-order valence-electron chi connectivity index (χ1n) is 5.68. The topological polar surface area (TPSA) is 88.1 Å². The van der Waals surface area contributed by atoms with Crippen molar-refractivity contribution >= 4 is 11.0 Å². The van der Waals surface area contributed by atoms with Crippen LogP contribution in [-0.2, 0) is 0 Å². The second kappa shape index (κ2) is 4.29. The highest BCUT2D eigenvalue weighted by molar-refractivity contribution is 5.79. The Morgan fingerprint density at radius 2 is 2.28 bits per heavy atom. The molecule has 1 aromatic carbocycles. The number of hydrogen-bond donors (Lipinski definition) is 3.